The number of anilines is 1. The van der Waals surface area contributed by atoms with Crippen molar-refractivity contribution >= 4 is 23.2 Å². The number of amides is 1. The van der Waals surface area contributed by atoms with E-state index in [4.69, 9.17) is 27.8 Å². The minimum Gasteiger partial charge on any atom is -0.456 e. The van der Waals surface area contributed by atoms with E-state index in [2.05, 4.69) is 0 Å². The molecule has 1 amide bonds. The number of hydrogen-bond acceptors (Lipinski definition) is 3. The lowest BCUT2D eigenvalue weighted by Gasteiger charge is -2.09. The second-order valence-electron chi connectivity index (χ2n) is 3.68. The minimum absolute atomic E-state index is 0.274. The molecule has 4 nitrogen and oxygen atoms in total. The van der Waals surface area contributed by atoms with Crippen molar-refractivity contribution in [2.24, 2.45) is 5.73 Å². The fourth-order valence-electron chi connectivity index (χ4n) is 1.45. The number of nitrogen functional groups attached to an aromatic ring is 1. The zero-order chi connectivity index (χ0) is 13.1. The molecular weight excluding hydrogens is 252 g/mol. The smallest absolute Gasteiger partial charge is 0.252 e. The fourth-order valence-corrected chi connectivity index (χ4v) is 1.61. The summed E-state index contributed by atoms with van der Waals surface area (Å²) in [5.74, 6) is 0.297. The van der Waals surface area contributed by atoms with Gasteiger partial charge in [0.2, 0.25) is 0 Å². The van der Waals surface area contributed by atoms with Gasteiger partial charge in [-0.3, -0.25) is 4.79 Å². The normalized spacial score (nSPS) is 10.1. The molecule has 18 heavy (non-hydrogen) atoms. The molecule has 0 saturated heterocycles. The maximum absolute atomic E-state index is 11.3. The van der Waals surface area contributed by atoms with Crippen LogP contribution in [0.3, 0.4) is 0 Å². The van der Waals surface area contributed by atoms with E-state index in [9.17, 15) is 4.79 Å². The third kappa shape index (κ3) is 2.73. The molecule has 0 unspecified atom stereocenters. The highest BCUT2D eigenvalue weighted by atomic mass is 35.5. The van der Waals surface area contributed by atoms with Crippen molar-refractivity contribution in [1.29, 1.82) is 0 Å². The lowest BCUT2D eigenvalue weighted by Crippen LogP contribution is -2.12. The van der Waals surface area contributed by atoms with E-state index in [1.807, 2.05) is 0 Å². The second-order valence-corrected chi connectivity index (χ2v) is 4.11. The number of carbonyl (C=O) groups is 1. The van der Waals surface area contributed by atoms with Crippen molar-refractivity contribution in [3.8, 4) is 11.5 Å². The first-order valence-electron chi connectivity index (χ1n) is 5.19. The van der Waals surface area contributed by atoms with E-state index in [0.717, 1.165) is 0 Å². The Morgan fingerprint density at radius 2 is 1.78 bits per heavy atom. The molecule has 0 saturated carbocycles. The summed E-state index contributed by atoms with van der Waals surface area (Å²) in [5.41, 5.74) is 11.7. The number of carbonyl (C=O) groups excluding carboxylic acids is 1. The monoisotopic (exact) mass is 262 g/mol. The topological polar surface area (TPSA) is 78.3 Å². The Kier molecular flexibility index (Phi) is 3.39. The predicted molar refractivity (Wildman–Crippen MR) is 70.9 cm³/mol. The molecule has 0 bridgehead atoms. The van der Waals surface area contributed by atoms with Crippen molar-refractivity contribution in [3.05, 3.63) is 53.1 Å². The predicted octanol–water partition coefficient (Wildman–Crippen LogP) is 2.81. The van der Waals surface area contributed by atoms with Crippen LogP contribution in [0.4, 0.5) is 5.69 Å². The summed E-state index contributed by atoms with van der Waals surface area (Å²) < 4.78 is 5.57. The Hall–Kier alpha value is -2.20. The molecule has 0 aliphatic carbocycles. The SMILES string of the molecule is NC(=O)c1ccc(Cl)cc1Oc1ccc(N)cc1. The van der Waals surface area contributed by atoms with Crippen molar-refractivity contribution in [1.82, 2.24) is 0 Å². The zero-order valence-electron chi connectivity index (χ0n) is 9.39. The molecule has 0 aliphatic rings. The van der Waals surface area contributed by atoms with Gasteiger partial charge in [0.05, 0.1) is 5.56 Å². The molecule has 0 aliphatic heterocycles. The van der Waals surface area contributed by atoms with Crippen LogP contribution in [-0.4, -0.2) is 5.91 Å². The Morgan fingerprint density at radius 1 is 1.11 bits per heavy atom. The number of benzene rings is 2. The summed E-state index contributed by atoms with van der Waals surface area (Å²) in [6, 6.07) is 11.4. The lowest BCUT2D eigenvalue weighted by molar-refractivity contribution is 0.0998. The van der Waals surface area contributed by atoms with Crippen molar-refractivity contribution in [2.75, 3.05) is 5.73 Å². The third-order valence-electron chi connectivity index (χ3n) is 2.32. The van der Waals surface area contributed by atoms with Crippen LogP contribution in [0.25, 0.3) is 0 Å². The Morgan fingerprint density at radius 3 is 2.39 bits per heavy atom. The van der Waals surface area contributed by atoms with Gasteiger partial charge < -0.3 is 16.2 Å². The van der Waals surface area contributed by atoms with Crippen LogP contribution in [-0.2, 0) is 0 Å². The first-order valence-corrected chi connectivity index (χ1v) is 5.57. The van der Waals surface area contributed by atoms with Crippen LogP contribution in [0.5, 0.6) is 11.5 Å². The number of primary amides is 1. The highest BCUT2D eigenvalue weighted by Gasteiger charge is 2.10. The van der Waals surface area contributed by atoms with Crippen LogP contribution in [0, 0.1) is 0 Å². The maximum Gasteiger partial charge on any atom is 0.252 e. The van der Waals surface area contributed by atoms with Gasteiger partial charge >= 0.3 is 0 Å². The Labute approximate surface area is 109 Å². The van der Waals surface area contributed by atoms with Crippen molar-refractivity contribution in [2.45, 2.75) is 0 Å². The van der Waals surface area contributed by atoms with E-state index in [1.54, 1.807) is 30.3 Å². The molecule has 5 heteroatoms. The summed E-state index contributed by atoms with van der Waals surface area (Å²) >= 11 is 5.86. The molecule has 4 N–H and O–H groups in total. The molecule has 0 spiro atoms. The number of hydrogen-bond donors (Lipinski definition) is 2. The first-order chi connectivity index (χ1) is 8.56. The van der Waals surface area contributed by atoms with Crippen LogP contribution < -0.4 is 16.2 Å². The molecule has 2 aromatic carbocycles. The number of rotatable bonds is 3. The van der Waals surface area contributed by atoms with E-state index < -0.39 is 5.91 Å². The largest absolute Gasteiger partial charge is 0.456 e. The highest BCUT2D eigenvalue weighted by Crippen LogP contribution is 2.28. The van der Waals surface area contributed by atoms with Crippen LogP contribution in [0.15, 0.2) is 42.5 Å². The Bertz CT molecular complexity index is 582. The van der Waals surface area contributed by atoms with Gasteiger partial charge in [-0.1, -0.05) is 11.6 Å². The molecule has 0 atom stereocenters. The second kappa shape index (κ2) is 4.98. The molecular formula is C13H11ClN2O2. The molecule has 2 rings (SSSR count). The number of ether oxygens (including phenoxy) is 1. The van der Waals surface area contributed by atoms with E-state index >= 15 is 0 Å². The molecule has 0 heterocycles. The maximum atomic E-state index is 11.3. The molecule has 2 aromatic rings. The third-order valence-corrected chi connectivity index (χ3v) is 2.55. The average Bonchev–Trinajstić information content (AvgIpc) is 2.32. The molecule has 0 radical (unpaired) electrons. The van der Waals surface area contributed by atoms with Gasteiger partial charge in [-0.25, -0.2) is 0 Å². The van der Waals surface area contributed by atoms with Crippen molar-refractivity contribution in [3.63, 3.8) is 0 Å². The van der Waals surface area contributed by atoms with E-state index in [1.165, 1.54) is 12.1 Å². The summed E-state index contributed by atoms with van der Waals surface area (Å²) in [4.78, 5) is 11.3. The van der Waals surface area contributed by atoms with Crippen LogP contribution >= 0.6 is 11.6 Å². The molecule has 0 fully saturated rings. The van der Waals surface area contributed by atoms with Gasteiger partial charge in [-0.2, -0.15) is 0 Å². The standard InChI is InChI=1S/C13H11ClN2O2/c14-8-1-6-11(13(16)17)12(7-8)18-10-4-2-9(15)3-5-10/h1-7H,15H2,(H2,16,17). The van der Waals surface area contributed by atoms with Gasteiger partial charge in [-0.15, -0.1) is 0 Å². The quantitative estimate of drug-likeness (QED) is 0.835. The fraction of sp³-hybridized carbons (Fsp3) is 0. The van der Waals surface area contributed by atoms with Gasteiger partial charge in [0.15, 0.2) is 0 Å². The van der Waals surface area contributed by atoms with Crippen molar-refractivity contribution < 1.29 is 9.53 Å². The summed E-state index contributed by atoms with van der Waals surface area (Å²) in [6.45, 7) is 0. The summed E-state index contributed by atoms with van der Waals surface area (Å²) in [5, 5.41) is 0.463. The van der Waals surface area contributed by atoms with Crippen LogP contribution in [0.1, 0.15) is 10.4 Å². The first kappa shape index (κ1) is 12.3. The lowest BCUT2D eigenvalue weighted by atomic mass is 10.2. The van der Waals surface area contributed by atoms with Gasteiger partial charge in [0.1, 0.15) is 11.5 Å². The van der Waals surface area contributed by atoms with E-state index in [-0.39, 0.29) is 5.56 Å². The van der Waals surface area contributed by atoms with Gasteiger partial charge in [0, 0.05) is 16.8 Å². The average molecular weight is 263 g/mol. The summed E-state index contributed by atoms with van der Waals surface area (Å²) in [6.07, 6.45) is 0. The Balaban J connectivity index is 2.35. The molecule has 92 valence electrons. The van der Waals surface area contributed by atoms with Crippen LogP contribution in [0.2, 0.25) is 5.02 Å². The molecule has 0 aromatic heterocycles. The van der Waals surface area contributed by atoms with Gasteiger partial charge in [0.25, 0.3) is 5.91 Å². The number of nitrogens with two attached hydrogens (primary N) is 2. The highest BCUT2D eigenvalue weighted by molar-refractivity contribution is 6.30. The van der Waals surface area contributed by atoms with Gasteiger partial charge in [-0.05, 0) is 36.4 Å². The zero-order valence-corrected chi connectivity index (χ0v) is 10.1. The minimum atomic E-state index is -0.572. The number of halogens is 1. The summed E-state index contributed by atoms with van der Waals surface area (Å²) in [7, 11) is 0. The van der Waals surface area contributed by atoms with E-state index in [0.29, 0.717) is 22.2 Å².